The summed E-state index contributed by atoms with van der Waals surface area (Å²) < 4.78 is 12.4. The molecule has 4 aromatic rings. The molecule has 0 aliphatic heterocycles. The fourth-order valence-corrected chi connectivity index (χ4v) is 5.91. The number of aromatic nitrogens is 2. The van der Waals surface area contributed by atoms with Crippen molar-refractivity contribution in [2.24, 2.45) is 11.8 Å². The van der Waals surface area contributed by atoms with Crippen molar-refractivity contribution in [1.82, 2.24) is 15.1 Å². The molecule has 1 amide bonds. The molecule has 0 radical (unpaired) electrons. The molecule has 1 aromatic heterocycles. The first-order valence-corrected chi connectivity index (χ1v) is 13.8. The van der Waals surface area contributed by atoms with Crippen LogP contribution in [0.25, 0.3) is 21.7 Å². The van der Waals surface area contributed by atoms with Crippen LogP contribution in [0.15, 0.2) is 54.7 Å². The first-order valence-electron chi connectivity index (χ1n) is 13.8. The zero-order valence-corrected chi connectivity index (χ0v) is 23.0. The Morgan fingerprint density at radius 3 is 2.67 bits per heavy atom. The summed E-state index contributed by atoms with van der Waals surface area (Å²) in [6.07, 6.45) is 7.02. The third-order valence-electron chi connectivity index (χ3n) is 8.02. The molecule has 5 rings (SSSR count). The number of methoxy groups -OCH3 is 2. The molecule has 1 fully saturated rings. The Morgan fingerprint density at radius 2 is 1.85 bits per heavy atom. The lowest BCUT2D eigenvalue weighted by Gasteiger charge is -2.28. The molecular formula is C32H37N3O4. The van der Waals surface area contributed by atoms with Crippen molar-refractivity contribution in [2.75, 3.05) is 27.4 Å². The molecule has 1 N–H and O–H groups in total. The minimum Gasteiger partial charge on any atom is -0.497 e. The summed E-state index contributed by atoms with van der Waals surface area (Å²) in [7, 11) is 3.27. The van der Waals surface area contributed by atoms with Gasteiger partial charge in [0.05, 0.1) is 19.2 Å². The predicted molar refractivity (Wildman–Crippen MR) is 154 cm³/mol. The highest BCUT2D eigenvalue weighted by Gasteiger charge is 2.25. The Kier molecular flexibility index (Phi) is 8.27. The molecule has 0 saturated heterocycles. The van der Waals surface area contributed by atoms with Crippen LogP contribution in [0, 0.1) is 18.8 Å². The maximum absolute atomic E-state index is 13.2. The normalized spacial score (nSPS) is 17.4. The lowest BCUT2D eigenvalue weighted by Crippen LogP contribution is -2.27. The van der Waals surface area contributed by atoms with Crippen molar-refractivity contribution >= 4 is 33.4 Å². The SMILES string of the molecule is COCCNC(=O)c1ccc2nn(CC3CCCC(CC(=O)c4ccc5ccc(OC)cc5c4)C3)cc2c1C. The number of nitrogens with one attached hydrogen (secondary N) is 1. The van der Waals surface area contributed by atoms with Crippen LogP contribution in [0.3, 0.4) is 0 Å². The number of carbonyl (C=O) groups is 2. The molecule has 0 spiro atoms. The Bertz CT molecular complexity index is 1490. The molecule has 3 aromatic carbocycles. The van der Waals surface area contributed by atoms with Crippen LogP contribution in [0.2, 0.25) is 0 Å². The summed E-state index contributed by atoms with van der Waals surface area (Å²) in [4.78, 5) is 25.8. The van der Waals surface area contributed by atoms with E-state index >= 15 is 0 Å². The number of amides is 1. The Labute approximate surface area is 229 Å². The molecule has 2 unspecified atom stereocenters. The lowest BCUT2D eigenvalue weighted by molar-refractivity contribution is 0.0928. The number of carbonyl (C=O) groups excluding carboxylic acids is 2. The van der Waals surface area contributed by atoms with E-state index in [0.717, 1.165) is 70.8 Å². The van der Waals surface area contributed by atoms with Gasteiger partial charge in [0, 0.05) is 49.3 Å². The van der Waals surface area contributed by atoms with E-state index in [1.165, 1.54) is 0 Å². The number of ketones is 1. The van der Waals surface area contributed by atoms with E-state index in [1.54, 1.807) is 14.2 Å². The third kappa shape index (κ3) is 6.14. The smallest absolute Gasteiger partial charge is 0.251 e. The van der Waals surface area contributed by atoms with Gasteiger partial charge in [0.2, 0.25) is 0 Å². The van der Waals surface area contributed by atoms with Gasteiger partial charge in [0.25, 0.3) is 5.91 Å². The number of fused-ring (bicyclic) bond motifs is 2. The van der Waals surface area contributed by atoms with Gasteiger partial charge in [-0.15, -0.1) is 0 Å². The molecule has 204 valence electrons. The van der Waals surface area contributed by atoms with E-state index in [-0.39, 0.29) is 11.7 Å². The van der Waals surface area contributed by atoms with E-state index in [9.17, 15) is 9.59 Å². The minimum absolute atomic E-state index is 0.0930. The molecule has 39 heavy (non-hydrogen) atoms. The molecule has 1 aliphatic carbocycles. The van der Waals surface area contributed by atoms with Gasteiger partial charge in [0.15, 0.2) is 5.78 Å². The Morgan fingerprint density at radius 1 is 1.03 bits per heavy atom. The summed E-state index contributed by atoms with van der Waals surface area (Å²) >= 11 is 0. The topological polar surface area (TPSA) is 82.5 Å². The number of rotatable bonds is 10. The van der Waals surface area contributed by atoms with Crippen molar-refractivity contribution in [3.8, 4) is 5.75 Å². The summed E-state index contributed by atoms with van der Waals surface area (Å²) in [6.45, 7) is 3.76. The fourth-order valence-electron chi connectivity index (χ4n) is 5.91. The van der Waals surface area contributed by atoms with E-state index < -0.39 is 0 Å². The van der Waals surface area contributed by atoms with E-state index in [0.29, 0.717) is 37.0 Å². The summed E-state index contributed by atoms with van der Waals surface area (Å²) in [5.74, 6) is 1.77. The predicted octanol–water partition coefficient (Wildman–Crippen LogP) is 5.96. The second-order valence-electron chi connectivity index (χ2n) is 10.7. The average molecular weight is 528 g/mol. The number of benzene rings is 3. The van der Waals surface area contributed by atoms with E-state index in [1.807, 2.05) is 60.1 Å². The second-order valence-corrected chi connectivity index (χ2v) is 10.7. The molecule has 2 atom stereocenters. The molecule has 7 nitrogen and oxygen atoms in total. The highest BCUT2D eigenvalue weighted by molar-refractivity contribution is 6.01. The van der Waals surface area contributed by atoms with Crippen LogP contribution in [-0.2, 0) is 11.3 Å². The molecule has 1 aliphatic rings. The van der Waals surface area contributed by atoms with Crippen molar-refractivity contribution in [1.29, 1.82) is 0 Å². The highest BCUT2D eigenvalue weighted by atomic mass is 16.5. The Balaban J connectivity index is 1.23. The van der Waals surface area contributed by atoms with Gasteiger partial charge < -0.3 is 14.8 Å². The van der Waals surface area contributed by atoms with Gasteiger partial charge in [0.1, 0.15) is 5.75 Å². The maximum atomic E-state index is 13.2. The van der Waals surface area contributed by atoms with Crippen LogP contribution >= 0.6 is 0 Å². The number of hydrogen-bond acceptors (Lipinski definition) is 5. The quantitative estimate of drug-likeness (QED) is 0.203. The molecule has 7 heteroatoms. The summed E-state index contributed by atoms with van der Waals surface area (Å²) in [5.41, 5.74) is 3.28. The molecule has 0 bridgehead atoms. The summed E-state index contributed by atoms with van der Waals surface area (Å²) in [5, 5.41) is 10.8. The fraction of sp³-hybridized carbons (Fsp3) is 0.406. The highest BCUT2D eigenvalue weighted by Crippen LogP contribution is 2.34. The van der Waals surface area contributed by atoms with E-state index in [2.05, 4.69) is 11.5 Å². The zero-order valence-electron chi connectivity index (χ0n) is 23.0. The number of Topliss-reactive ketones (excluding diaryl/α,β-unsaturated/α-hetero) is 1. The first-order chi connectivity index (χ1) is 18.9. The van der Waals surface area contributed by atoms with Gasteiger partial charge in [-0.1, -0.05) is 24.6 Å². The van der Waals surface area contributed by atoms with Crippen molar-refractivity contribution in [3.05, 3.63) is 71.4 Å². The first kappa shape index (κ1) is 26.9. The number of aryl methyl sites for hydroxylation is 1. The number of ether oxygens (including phenoxy) is 2. The van der Waals surface area contributed by atoms with Crippen LogP contribution in [0.4, 0.5) is 0 Å². The minimum atomic E-state index is -0.0930. The van der Waals surface area contributed by atoms with Crippen LogP contribution in [0.1, 0.15) is 58.4 Å². The van der Waals surface area contributed by atoms with E-state index in [4.69, 9.17) is 14.6 Å². The lowest BCUT2D eigenvalue weighted by atomic mass is 9.78. The van der Waals surface area contributed by atoms with Crippen molar-refractivity contribution < 1.29 is 19.1 Å². The van der Waals surface area contributed by atoms with Gasteiger partial charge in [-0.25, -0.2) is 0 Å². The zero-order chi connectivity index (χ0) is 27.4. The van der Waals surface area contributed by atoms with Crippen LogP contribution < -0.4 is 10.1 Å². The molecular weight excluding hydrogens is 490 g/mol. The standard InChI is InChI=1S/C32H37N3O4/c1-21-28(32(37)33-13-14-38-2)11-12-30-29(21)20-35(34-30)19-23-6-4-5-22(15-23)16-31(36)25-8-7-24-9-10-27(39-3)18-26(24)17-25/h7-12,17-18,20,22-23H,4-6,13-16,19H2,1-3H3,(H,33,37). The monoisotopic (exact) mass is 527 g/mol. The van der Waals surface area contributed by atoms with Crippen LogP contribution in [0.5, 0.6) is 5.75 Å². The maximum Gasteiger partial charge on any atom is 0.251 e. The Hall–Kier alpha value is -3.71. The second kappa shape index (κ2) is 12.0. The van der Waals surface area contributed by atoms with Gasteiger partial charge >= 0.3 is 0 Å². The average Bonchev–Trinajstić information content (AvgIpc) is 3.36. The number of hydrogen-bond donors (Lipinski definition) is 1. The largest absolute Gasteiger partial charge is 0.497 e. The van der Waals surface area contributed by atoms with Gasteiger partial charge in [-0.05, 0) is 84.7 Å². The van der Waals surface area contributed by atoms with Crippen molar-refractivity contribution in [2.45, 2.75) is 45.6 Å². The molecule has 1 saturated carbocycles. The number of nitrogens with zero attached hydrogens (tertiary/aromatic N) is 2. The summed E-state index contributed by atoms with van der Waals surface area (Å²) in [6, 6.07) is 15.7. The van der Waals surface area contributed by atoms with Crippen molar-refractivity contribution in [3.63, 3.8) is 0 Å². The molecule has 1 heterocycles. The third-order valence-corrected chi connectivity index (χ3v) is 8.02. The van der Waals surface area contributed by atoms with Crippen LogP contribution in [-0.4, -0.2) is 48.8 Å². The van der Waals surface area contributed by atoms with Gasteiger partial charge in [-0.2, -0.15) is 5.10 Å². The van der Waals surface area contributed by atoms with Gasteiger partial charge in [-0.3, -0.25) is 14.3 Å².